The summed E-state index contributed by atoms with van der Waals surface area (Å²) in [5.74, 6) is 0. The monoisotopic (exact) mass is 135 g/mol. The Kier molecular flexibility index (Phi) is 1.55. The highest BCUT2D eigenvalue weighted by Gasteiger charge is 2.28. The molecular formula is C5H7BF3-. The third kappa shape index (κ3) is 1.50. The van der Waals surface area contributed by atoms with E-state index in [4.69, 9.17) is 0 Å². The normalized spacial score (nSPS) is 20.1. The summed E-state index contributed by atoms with van der Waals surface area (Å²) in [7, 11) is 0. The van der Waals surface area contributed by atoms with Gasteiger partial charge in [-0.2, -0.15) is 0 Å². The Bertz CT molecular complexity index is 136. The highest BCUT2D eigenvalue weighted by molar-refractivity contribution is 6.66. The fraction of sp³-hybridized carbons (Fsp3) is 0.600. The summed E-state index contributed by atoms with van der Waals surface area (Å²) in [6, 6.07) is 0. The van der Waals surface area contributed by atoms with E-state index in [0.717, 1.165) is 0 Å². The van der Waals surface area contributed by atoms with Crippen LogP contribution < -0.4 is 0 Å². The van der Waals surface area contributed by atoms with Crippen LogP contribution in [0.3, 0.4) is 0 Å². The first kappa shape index (κ1) is 6.71. The Labute approximate surface area is 51.8 Å². The summed E-state index contributed by atoms with van der Waals surface area (Å²) in [5.41, 5.74) is -0.282. The van der Waals surface area contributed by atoms with Gasteiger partial charge in [0, 0.05) is 0 Å². The van der Waals surface area contributed by atoms with Gasteiger partial charge in [-0.15, -0.1) is 11.5 Å². The molecule has 0 aliphatic heterocycles. The third-order valence-corrected chi connectivity index (χ3v) is 1.50. The van der Waals surface area contributed by atoms with E-state index < -0.39 is 6.98 Å². The lowest BCUT2D eigenvalue weighted by molar-refractivity contribution is 0.487. The molecule has 0 aromatic heterocycles. The van der Waals surface area contributed by atoms with Crippen molar-refractivity contribution < 1.29 is 12.9 Å². The standard InChI is InChI=1S/C5H7BF3/c7-6(8,9)5-3-1-2-4-5/h3H,1-2,4H2/q-1. The van der Waals surface area contributed by atoms with Crippen molar-refractivity contribution in [3.05, 3.63) is 11.5 Å². The van der Waals surface area contributed by atoms with Gasteiger partial charge in [0.05, 0.1) is 0 Å². The molecule has 1 rings (SSSR count). The summed E-state index contributed by atoms with van der Waals surface area (Å²) < 4.78 is 35.3. The van der Waals surface area contributed by atoms with Gasteiger partial charge in [-0.1, -0.05) is 6.42 Å². The van der Waals surface area contributed by atoms with Crippen LogP contribution in [-0.2, 0) is 0 Å². The lowest BCUT2D eigenvalue weighted by Crippen LogP contribution is -2.17. The van der Waals surface area contributed by atoms with Crippen LogP contribution in [0, 0.1) is 0 Å². The molecule has 0 bridgehead atoms. The largest absolute Gasteiger partial charge is 0.505 e. The quantitative estimate of drug-likeness (QED) is 0.484. The van der Waals surface area contributed by atoms with Crippen LogP contribution in [0.2, 0.25) is 0 Å². The van der Waals surface area contributed by atoms with Gasteiger partial charge < -0.3 is 12.9 Å². The van der Waals surface area contributed by atoms with Crippen molar-refractivity contribution in [1.82, 2.24) is 0 Å². The molecule has 0 fully saturated rings. The maximum absolute atomic E-state index is 11.8. The number of hydrogen-bond acceptors (Lipinski definition) is 0. The topological polar surface area (TPSA) is 0 Å². The Morgan fingerprint density at radius 2 is 2.00 bits per heavy atom. The first-order valence-corrected chi connectivity index (χ1v) is 2.99. The summed E-state index contributed by atoms with van der Waals surface area (Å²) in [6.07, 6.45) is 2.83. The third-order valence-electron chi connectivity index (χ3n) is 1.50. The zero-order valence-electron chi connectivity index (χ0n) is 4.91. The molecule has 0 N–H and O–H groups in total. The molecule has 0 nitrogen and oxygen atoms in total. The molecule has 4 heteroatoms. The van der Waals surface area contributed by atoms with Crippen molar-refractivity contribution in [2.75, 3.05) is 0 Å². The van der Waals surface area contributed by atoms with Crippen molar-refractivity contribution in [3.8, 4) is 0 Å². The van der Waals surface area contributed by atoms with E-state index in [1.165, 1.54) is 6.08 Å². The van der Waals surface area contributed by atoms with Crippen LogP contribution in [-0.4, -0.2) is 6.98 Å². The Morgan fingerprint density at radius 3 is 2.22 bits per heavy atom. The van der Waals surface area contributed by atoms with Gasteiger partial charge in [0.25, 0.3) is 0 Å². The van der Waals surface area contributed by atoms with Gasteiger partial charge in [0.15, 0.2) is 0 Å². The van der Waals surface area contributed by atoms with E-state index in [-0.39, 0.29) is 11.9 Å². The van der Waals surface area contributed by atoms with E-state index in [9.17, 15) is 12.9 Å². The van der Waals surface area contributed by atoms with Gasteiger partial charge in [-0.05, 0) is 12.8 Å². The summed E-state index contributed by atoms with van der Waals surface area (Å²) in [6.45, 7) is -4.65. The van der Waals surface area contributed by atoms with Gasteiger partial charge in [-0.25, -0.2) is 0 Å². The van der Waals surface area contributed by atoms with Gasteiger partial charge in [-0.3, -0.25) is 0 Å². The second-order valence-electron chi connectivity index (χ2n) is 2.25. The Balaban J connectivity index is 2.61. The van der Waals surface area contributed by atoms with Crippen LogP contribution in [0.25, 0.3) is 0 Å². The van der Waals surface area contributed by atoms with Gasteiger partial charge in [0.2, 0.25) is 0 Å². The first-order chi connectivity index (χ1) is 4.11. The lowest BCUT2D eigenvalue weighted by Gasteiger charge is -2.14. The molecule has 0 aromatic rings. The second kappa shape index (κ2) is 2.08. The first-order valence-electron chi connectivity index (χ1n) is 2.99. The van der Waals surface area contributed by atoms with E-state index in [1.807, 2.05) is 0 Å². The average molecular weight is 135 g/mol. The van der Waals surface area contributed by atoms with E-state index >= 15 is 0 Å². The number of allylic oxidation sites excluding steroid dienone is 2. The molecule has 0 spiro atoms. The molecule has 0 amide bonds. The van der Waals surface area contributed by atoms with E-state index in [1.54, 1.807) is 0 Å². The average Bonchev–Trinajstić information content (AvgIpc) is 2.08. The molecule has 0 radical (unpaired) electrons. The predicted octanol–water partition coefficient (Wildman–Crippen LogP) is 2.48. The number of rotatable bonds is 1. The maximum Gasteiger partial charge on any atom is 0.505 e. The molecule has 52 valence electrons. The van der Waals surface area contributed by atoms with E-state index in [2.05, 4.69) is 0 Å². The minimum atomic E-state index is -4.65. The smallest absolute Gasteiger partial charge is 0.445 e. The number of hydrogen-bond donors (Lipinski definition) is 0. The molecule has 0 saturated carbocycles. The van der Waals surface area contributed by atoms with E-state index in [0.29, 0.717) is 12.8 Å². The van der Waals surface area contributed by atoms with Crippen molar-refractivity contribution >= 4 is 6.98 Å². The van der Waals surface area contributed by atoms with Crippen LogP contribution in [0.15, 0.2) is 11.5 Å². The molecule has 0 unspecified atom stereocenters. The lowest BCUT2D eigenvalue weighted by atomic mass is 9.79. The predicted molar refractivity (Wildman–Crippen MR) is 31.0 cm³/mol. The molecule has 0 atom stereocenters. The fourth-order valence-corrected chi connectivity index (χ4v) is 0.993. The summed E-state index contributed by atoms with van der Waals surface area (Å²) in [5, 5.41) is 0. The Morgan fingerprint density at radius 1 is 1.33 bits per heavy atom. The Hall–Kier alpha value is -0.405. The molecule has 0 aromatic carbocycles. The van der Waals surface area contributed by atoms with Crippen LogP contribution in [0.5, 0.6) is 0 Å². The molecule has 0 heterocycles. The molecule has 9 heavy (non-hydrogen) atoms. The van der Waals surface area contributed by atoms with Gasteiger partial charge >= 0.3 is 6.98 Å². The van der Waals surface area contributed by atoms with Crippen LogP contribution in [0.1, 0.15) is 19.3 Å². The highest BCUT2D eigenvalue weighted by atomic mass is 19.4. The number of halogens is 3. The van der Waals surface area contributed by atoms with Crippen LogP contribution in [0.4, 0.5) is 12.9 Å². The summed E-state index contributed by atoms with van der Waals surface area (Å²) >= 11 is 0. The van der Waals surface area contributed by atoms with Crippen molar-refractivity contribution in [3.63, 3.8) is 0 Å². The van der Waals surface area contributed by atoms with Crippen molar-refractivity contribution in [2.45, 2.75) is 19.3 Å². The zero-order valence-corrected chi connectivity index (χ0v) is 4.91. The van der Waals surface area contributed by atoms with Crippen molar-refractivity contribution in [2.24, 2.45) is 0 Å². The highest BCUT2D eigenvalue weighted by Crippen LogP contribution is 2.29. The molecular weight excluding hydrogens is 128 g/mol. The minimum Gasteiger partial charge on any atom is -0.445 e. The van der Waals surface area contributed by atoms with Gasteiger partial charge in [0.1, 0.15) is 0 Å². The van der Waals surface area contributed by atoms with Crippen molar-refractivity contribution in [1.29, 1.82) is 0 Å². The molecule has 0 saturated heterocycles. The molecule has 1 aliphatic carbocycles. The minimum absolute atomic E-state index is 0.240. The SMILES string of the molecule is F[B-](F)(F)C1=CCCC1. The fourth-order valence-electron chi connectivity index (χ4n) is 0.993. The van der Waals surface area contributed by atoms with Crippen LogP contribution >= 0.6 is 0 Å². The maximum atomic E-state index is 11.8. The molecule has 1 aliphatic rings. The second-order valence-corrected chi connectivity index (χ2v) is 2.25. The summed E-state index contributed by atoms with van der Waals surface area (Å²) in [4.78, 5) is 0. The zero-order chi connectivity index (χ0) is 6.91.